The summed E-state index contributed by atoms with van der Waals surface area (Å²) in [5.41, 5.74) is -0.0576. The Morgan fingerprint density at radius 1 is 1.11 bits per heavy atom. The zero-order valence-electron chi connectivity index (χ0n) is 16.7. The summed E-state index contributed by atoms with van der Waals surface area (Å²) in [5, 5.41) is 2.81. The summed E-state index contributed by atoms with van der Waals surface area (Å²) in [6, 6.07) is 6.36. The SMILES string of the molecule is CC(C)(C)NS(=O)(=O)c1ccc(NC(=O)[C@@H]2CC(=O)N(C3CCCC3)C2)cc1. The maximum atomic E-state index is 12.6. The van der Waals surface area contributed by atoms with Crippen molar-refractivity contribution >= 4 is 27.5 Å². The molecular formula is C20H29N3O4S. The van der Waals surface area contributed by atoms with Crippen molar-refractivity contribution in [3.05, 3.63) is 24.3 Å². The van der Waals surface area contributed by atoms with Gasteiger partial charge in [0.05, 0.1) is 10.8 Å². The van der Waals surface area contributed by atoms with Gasteiger partial charge in [0.2, 0.25) is 21.8 Å². The monoisotopic (exact) mass is 407 g/mol. The molecule has 0 unspecified atom stereocenters. The minimum Gasteiger partial charge on any atom is -0.339 e. The van der Waals surface area contributed by atoms with Gasteiger partial charge in [-0.05, 0) is 57.9 Å². The average molecular weight is 408 g/mol. The van der Waals surface area contributed by atoms with E-state index in [1.165, 1.54) is 12.1 Å². The fourth-order valence-corrected chi connectivity index (χ4v) is 5.32. The number of carbonyl (C=O) groups excluding carboxylic acids is 2. The summed E-state index contributed by atoms with van der Waals surface area (Å²) in [6.07, 6.45) is 4.58. The van der Waals surface area contributed by atoms with E-state index in [9.17, 15) is 18.0 Å². The van der Waals surface area contributed by atoms with Gasteiger partial charge in [0, 0.05) is 30.2 Å². The number of rotatable bonds is 5. The highest BCUT2D eigenvalue weighted by Crippen LogP contribution is 2.30. The molecule has 0 aromatic heterocycles. The summed E-state index contributed by atoms with van der Waals surface area (Å²) in [5.74, 6) is -0.502. The molecule has 1 saturated heterocycles. The highest BCUT2D eigenvalue weighted by atomic mass is 32.2. The van der Waals surface area contributed by atoms with Crippen molar-refractivity contribution in [3.63, 3.8) is 0 Å². The second kappa shape index (κ2) is 7.83. The lowest BCUT2D eigenvalue weighted by Crippen LogP contribution is -2.40. The first-order chi connectivity index (χ1) is 13.0. The van der Waals surface area contributed by atoms with Gasteiger partial charge < -0.3 is 10.2 Å². The third kappa shape index (κ3) is 4.91. The summed E-state index contributed by atoms with van der Waals surface area (Å²) in [4.78, 5) is 26.8. The van der Waals surface area contributed by atoms with E-state index in [0.29, 0.717) is 12.2 Å². The molecule has 3 rings (SSSR count). The minimum absolute atomic E-state index is 0.0572. The molecule has 1 aromatic carbocycles. The quantitative estimate of drug-likeness (QED) is 0.784. The molecule has 1 saturated carbocycles. The van der Waals surface area contributed by atoms with Gasteiger partial charge >= 0.3 is 0 Å². The topological polar surface area (TPSA) is 95.6 Å². The van der Waals surface area contributed by atoms with Crippen LogP contribution in [0.2, 0.25) is 0 Å². The molecule has 8 heteroatoms. The van der Waals surface area contributed by atoms with E-state index < -0.39 is 15.6 Å². The van der Waals surface area contributed by atoms with E-state index >= 15 is 0 Å². The van der Waals surface area contributed by atoms with Gasteiger partial charge in [-0.15, -0.1) is 0 Å². The highest BCUT2D eigenvalue weighted by molar-refractivity contribution is 7.89. The first-order valence-corrected chi connectivity index (χ1v) is 11.3. The number of sulfonamides is 1. The van der Waals surface area contributed by atoms with Crippen LogP contribution in [0.15, 0.2) is 29.2 Å². The molecule has 1 aliphatic carbocycles. The largest absolute Gasteiger partial charge is 0.339 e. The van der Waals surface area contributed by atoms with Crippen LogP contribution in [0.3, 0.4) is 0 Å². The van der Waals surface area contributed by atoms with Crippen LogP contribution in [0.25, 0.3) is 0 Å². The molecule has 1 aromatic rings. The number of carbonyl (C=O) groups is 2. The number of nitrogens with zero attached hydrogens (tertiary/aromatic N) is 1. The molecule has 154 valence electrons. The van der Waals surface area contributed by atoms with Gasteiger partial charge in [0.1, 0.15) is 0 Å². The van der Waals surface area contributed by atoms with Crippen LogP contribution in [0.4, 0.5) is 5.69 Å². The Labute approximate surface area is 166 Å². The lowest BCUT2D eigenvalue weighted by atomic mass is 10.1. The van der Waals surface area contributed by atoms with Crippen molar-refractivity contribution in [1.82, 2.24) is 9.62 Å². The van der Waals surface area contributed by atoms with Gasteiger partial charge in [0.25, 0.3) is 0 Å². The smallest absolute Gasteiger partial charge is 0.241 e. The molecule has 7 nitrogen and oxygen atoms in total. The number of likely N-dealkylation sites (tertiary alicyclic amines) is 1. The lowest BCUT2D eigenvalue weighted by molar-refractivity contribution is -0.129. The third-order valence-electron chi connectivity index (χ3n) is 5.17. The molecule has 0 bridgehead atoms. The first kappa shape index (κ1) is 20.8. The predicted molar refractivity (Wildman–Crippen MR) is 107 cm³/mol. The Kier molecular flexibility index (Phi) is 5.82. The molecule has 1 heterocycles. The van der Waals surface area contributed by atoms with E-state index in [-0.39, 0.29) is 35.1 Å². The van der Waals surface area contributed by atoms with Crippen LogP contribution in [-0.4, -0.2) is 43.3 Å². The van der Waals surface area contributed by atoms with Crippen molar-refractivity contribution in [2.45, 2.75) is 69.4 Å². The summed E-state index contributed by atoms with van der Waals surface area (Å²) < 4.78 is 27.3. The number of amides is 2. The molecule has 2 amide bonds. The molecule has 2 fully saturated rings. The van der Waals surface area contributed by atoms with Gasteiger partial charge in [-0.2, -0.15) is 0 Å². The molecule has 2 aliphatic rings. The van der Waals surface area contributed by atoms with Gasteiger partial charge in [0.15, 0.2) is 0 Å². The summed E-state index contributed by atoms with van der Waals surface area (Å²) in [6.45, 7) is 5.79. The molecule has 0 radical (unpaired) electrons. The number of nitrogens with one attached hydrogen (secondary N) is 2. The van der Waals surface area contributed by atoms with Crippen molar-refractivity contribution in [2.75, 3.05) is 11.9 Å². The van der Waals surface area contributed by atoms with Crippen LogP contribution in [0, 0.1) is 5.92 Å². The Balaban J connectivity index is 1.61. The van der Waals surface area contributed by atoms with Crippen molar-refractivity contribution < 1.29 is 18.0 Å². The van der Waals surface area contributed by atoms with E-state index in [0.717, 1.165) is 25.7 Å². The molecular weight excluding hydrogens is 378 g/mol. The van der Waals surface area contributed by atoms with Crippen molar-refractivity contribution in [2.24, 2.45) is 5.92 Å². The first-order valence-electron chi connectivity index (χ1n) is 9.79. The van der Waals surface area contributed by atoms with E-state index in [2.05, 4.69) is 10.0 Å². The van der Waals surface area contributed by atoms with Crippen LogP contribution in [0.5, 0.6) is 0 Å². The molecule has 2 N–H and O–H groups in total. The van der Waals surface area contributed by atoms with E-state index in [1.807, 2.05) is 4.90 Å². The van der Waals surface area contributed by atoms with Crippen molar-refractivity contribution in [1.29, 1.82) is 0 Å². The van der Waals surface area contributed by atoms with Gasteiger partial charge in [-0.3, -0.25) is 9.59 Å². The number of hydrogen-bond donors (Lipinski definition) is 2. The summed E-state index contributed by atoms with van der Waals surface area (Å²) >= 11 is 0. The van der Waals surface area contributed by atoms with E-state index in [4.69, 9.17) is 0 Å². The third-order valence-corrected chi connectivity index (χ3v) is 6.94. The number of benzene rings is 1. The normalized spacial score (nSPS) is 21.3. The fraction of sp³-hybridized carbons (Fsp3) is 0.600. The Morgan fingerprint density at radius 2 is 1.71 bits per heavy atom. The van der Waals surface area contributed by atoms with Crippen LogP contribution in [0.1, 0.15) is 52.9 Å². The number of anilines is 1. The molecule has 28 heavy (non-hydrogen) atoms. The predicted octanol–water partition coefficient (Wildman–Crippen LogP) is 2.49. The average Bonchev–Trinajstić information content (AvgIpc) is 3.22. The molecule has 0 spiro atoms. The second-order valence-corrected chi connectivity index (χ2v) is 10.4. The highest BCUT2D eigenvalue weighted by Gasteiger charge is 2.38. The van der Waals surface area contributed by atoms with Gasteiger partial charge in [-0.25, -0.2) is 13.1 Å². The Bertz CT molecular complexity index is 837. The maximum absolute atomic E-state index is 12.6. The standard InChI is InChI=1S/C20H29N3O4S/c1-20(2,3)22-28(26,27)17-10-8-15(9-11-17)21-19(25)14-12-18(24)23(13-14)16-6-4-5-7-16/h8-11,14,16,22H,4-7,12-13H2,1-3H3,(H,21,25)/t14-/m1/s1. The van der Waals surface area contributed by atoms with Crippen LogP contribution in [-0.2, 0) is 19.6 Å². The maximum Gasteiger partial charge on any atom is 0.241 e. The van der Waals surface area contributed by atoms with Gasteiger partial charge in [-0.1, -0.05) is 12.8 Å². The molecule has 1 atom stereocenters. The zero-order valence-corrected chi connectivity index (χ0v) is 17.5. The second-order valence-electron chi connectivity index (χ2n) is 8.75. The summed E-state index contributed by atoms with van der Waals surface area (Å²) in [7, 11) is -3.62. The van der Waals surface area contributed by atoms with Crippen molar-refractivity contribution in [3.8, 4) is 0 Å². The minimum atomic E-state index is -3.62. The Morgan fingerprint density at radius 3 is 2.29 bits per heavy atom. The van der Waals surface area contributed by atoms with E-state index in [1.54, 1.807) is 32.9 Å². The fourth-order valence-electron chi connectivity index (χ4n) is 3.90. The Hall–Kier alpha value is -1.93. The lowest BCUT2D eigenvalue weighted by Gasteiger charge is -2.23. The van der Waals surface area contributed by atoms with Crippen LogP contribution < -0.4 is 10.0 Å². The zero-order chi connectivity index (χ0) is 20.5. The number of hydrogen-bond acceptors (Lipinski definition) is 4. The molecule has 1 aliphatic heterocycles. The van der Waals surface area contributed by atoms with Crippen LogP contribution >= 0.6 is 0 Å².